The third-order valence-electron chi connectivity index (χ3n) is 8.03. The Balaban J connectivity index is 1.82. The molecule has 171 valence electrons. The molecule has 0 fully saturated rings. The molecule has 3 aliphatic rings. The SMILES string of the molecule is CCCC1=C(C2c3ccccc3-c3ccccc32)C2=C(CCCC(=[Si](C)C)C2C)[CH]1[Hf]([Cl])[Cl]. The van der Waals surface area contributed by atoms with E-state index < -0.39 is 27.5 Å². The van der Waals surface area contributed by atoms with Gasteiger partial charge in [0.1, 0.15) is 0 Å². The van der Waals surface area contributed by atoms with Crippen molar-refractivity contribution in [1.29, 1.82) is 0 Å². The first-order chi connectivity index (χ1) is 16.0. The Hall–Kier alpha value is -0.543. The molecule has 0 N–H and O–H groups in total. The predicted molar refractivity (Wildman–Crippen MR) is 144 cm³/mol. The van der Waals surface area contributed by atoms with E-state index in [1.165, 1.54) is 41.5 Å². The Morgan fingerprint density at radius 1 is 0.909 bits per heavy atom. The van der Waals surface area contributed by atoms with E-state index in [-0.39, 0.29) is 0 Å². The van der Waals surface area contributed by atoms with Crippen LogP contribution in [0.25, 0.3) is 11.1 Å². The van der Waals surface area contributed by atoms with E-state index in [2.05, 4.69) is 75.5 Å². The fraction of sp³-hybridized carbons (Fsp3) is 0.414. The Morgan fingerprint density at radius 2 is 1.52 bits per heavy atom. The van der Waals surface area contributed by atoms with Crippen LogP contribution in [-0.4, -0.2) is 13.6 Å². The fourth-order valence-corrected chi connectivity index (χ4v) is 16.9. The van der Waals surface area contributed by atoms with Gasteiger partial charge in [-0.15, -0.1) is 0 Å². The Bertz CT molecular complexity index is 1140. The average Bonchev–Trinajstić information content (AvgIpc) is 3.22. The average molecular weight is 659 g/mol. The second-order valence-electron chi connectivity index (χ2n) is 10.1. The molecule has 0 spiro atoms. The first-order valence-corrected chi connectivity index (χ1v) is 25.9. The summed E-state index contributed by atoms with van der Waals surface area (Å²) in [5, 5.41) is 1.81. The summed E-state index contributed by atoms with van der Waals surface area (Å²) in [5.41, 5.74) is 12.3. The summed E-state index contributed by atoms with van der Waals surface area (Å²) in [6.07, 6.45) is 6.01. The zero-order chi connectivity index (χ0) is 23.3. The molecule has 0 radical (unpaired) electrons. The summed E-state index contributed by atoms with van der Waals surface area (Å²) in [7, 11) is 13.6. The Labute approximate surface area is 216 Å². The molecule has 0 aromatic heterocycles. The molecule has 0 amide bonds. The summed E-state index contributed by atoms with van der Waals surface area (Å²) in [4.78, 5) is 0. The van der Waals surface area contributed by atoms with Crippen LogP contribution in [0.1, 0.15) is 63.0 Å². The zero-order valence-electron chi connectivity index (χ0n) is 20.1. The third-order valence-corrected chi connectivity index (χ3v) is 17.6. The van der Waals surface area contributed by atoms with E-state index >= 15 is 0 Å². The summed E-state index contributed by atoms with van der Waals surface area (Å²) in [6.45, 7) is 9.78. The van der Waals surface area contributed by atoms with E-state index in [4.69, 9.17) is 17.2 Å². The standard InChI is InChI=1S/C29H33Si.2ClH.Hf/c1-5-11-20-18-21-12-10-17-26(30(3)4)19(2)27(21)28(20)29-24-15-8-6-13-22(24)23-14-7-9-16-25(23)29;;;/h6-9,13-16,18-19,29H,5,10-12,17H2,1-4H3;2*1H;/q;;;+2/p-2. The van der Waals surface area contributed by atoms with Gasteiger partial charge >= 0.3 is 217 Å². The predicted octanol–water partition coefficient (Wildman–Crippen LogP) is 9.25. The molecule has 0 saturated carbocycles. The summed E-state index contributed by atoms with van der Waals surface area (Å²) in [5.74, 6) is 0.844. The zero-order valence-corrected chi connectivity index (χ0v) is 26.2. The van der Waals surface area contributed by atoms with Gasteiger partial charge in [-0.3, -0.25) is 0 Å². The number of halogens is 2. The molecule has 2 unspecified atom stereocenters. The van der Waals surface area contributed by atoms with Gasteiger partial charge in [-0.25, -0.2) is 0 Å². The van der Waals surface area contributed by atoms with Crippen molar-refractivity contribution in [3.63, 3.8) is 0 Å². The molecule has 2 aromatic rings. The first kappa shape index (κ1) is 24.2. The maximum absolute atomic E-state index is 7.02. The molecule has 4 heteroatoms. The van der Waals surface area contributed by atoms with Crippen LogP contribution in [0.15, 0.2) is 70.8 Å². The van der Waals surface area contributed by atoms with E-state index in [1.54, 1.807) is 22.3 Å². The van der Waals surface area contributed by atoms with Crippen LogP contribution in [-0.2, 0) is 19.1 Å². The Morgan fingerprint density at radius 3 is 2.06 bits per heavy atom. The molecular weight excluding hydrogens is 626 g/mol. The van der Waals surface area contributed by atoms with Gasteiger partial charge in [0.05, 0.1) is 0 Å². The molecule has 3 aliphatic carbocycles. The van der Waals surface area contributed by atoms with Crippen molar-refractivity contribution in [3.05, 3.63) is 82.0 Å². The monoisotopic (exact) mass is 659 g/mol. The van der Waals surface area contributed by atoms with E-state index in [0.717, 1.165) is 12.8 Å². The van der Waals surface area contributed by atoms with Crippen molar-refractivity contribution in [2.75, 3.05) is 0 Å². The molecule has 0 saturated heterocycles. The second kappa shape index (κ2) is 9.84. The minimum absolute atomic E-state index is 0.319. The van der Waals surface area contributed by atoms with Crippen LogP contribution >= 0.6 is 17.2 Å². The van der Waals surface area contributed by atoms with Crippen LogP contribution in [0, 0.1) is 5.92 Å². The first-order valence-electron chi connectivity index (χ1n) is 12.4. The van der Waals surface area contributed by atoms with Crippen LogP contribution in [0.5, 0.6) is 0 Å². The molecule has 5 rings (SSSR count). The number of benzene rings is 2. The van der Waals surface area contributed by atoms with E-state index in [0.29, 0.717) is 15.5 Å². The summed E-state index contributed by atoms with van der Waals surface area (Å²) >= 11 is -2.75. The van der Waals surface area contributed by atoms with Gasteiger partial charge in [0.25, 0.3) is 0 Å². The number of allylic oxidation sites excluding steroid dienone is 4. The van der Waals surface area contributed by atoms with Crippen LogP contribution in [0.2, 0.25) is 16.8 Å². The molecule has 2 atom stereocenters. The number of hydrogen-bond donors (Lipinski definition) is 0. The van der Waals surface area contributed by atoms with Gasteiger partial charge in [0, 0.05) is 0 Å². The van der Waals surface area contributed by atoms with E-state index in [9.17, 15) is 0 Å². The molecule has 0 bridgehead atoms. The van der Waals surface area contributed by atoms with Crippen molar-refractivity contribution >= 4 is 30.7 Å². The molecular formula is C29H33Cl2HfSi. The van der Waals surface area contributed by atoms with Gasteiger partial charge in [0.2, 0.25) is 0 Å². The van der Waals surface area contributed by atoms with Crippen LogP contribution in [0.3, 0.4) is 0 Å². The second-order valence-corrected chi connectivity index (χ2v) is 25.1. The van der Waals surface area contributed by atoms with Crippen molar-refractivity contribution < 1.29 is 19.1 Å². The normalized spacial score (nSPS) is 22.3. The van der Waals surface area contributed by atoms with Crippen molar-refractivity contribution in [2.45, 2.75) is 68.6 Å². The minimum atomic E-state index is -2.75. The summed E-state index contributed by atoms with van der Waals surface area (Å²) < 4.78 is 0.384. The molecule has 0 heterocycles. The van der Waals surface area contributed by atoms with Crippen molar-refractivity contribution in [2.24, 2.45) is 5.92 Å². The van der Waals surface area contributed by atoms with Gasteiger partial charge in [-0.2, -0.15) is 0 Å². The Kier molecular flexibility index (Phi) is 7.21. The number of hydrogen-bond acceptors (Lipinski definition) is 0. The number of fused-ring (bicyclic) bond motifs is 3. The summed E-state index contributed by atoms with van der Waals surface area (Å²) in [6, 6.07) is 18.2. The van der Waals surface area contributed by atoms with Gasteiger partial charge in [-0.1, -0.05) is 0 Å². The molecule has 0 nitrogen and oxygen atoms in total. The van der Waals surface area contributed by atoms with Crippen LogP contribution in [0.4, 0.5) is 0 Å². The number of rotatable bonds is 4. The van der Waals surface area contributed by atoms with Gasteiger partial charge in [0.15, 0.2) is 0 Å². The third kappa shape index (κ3) is 4.01. The van der Waals surface area contributed by atoms with E-state index in [1.807, 2.05) is 5.17 Å². The fourth-order valence-electron chi connectivity index (χ4n) is 6.82. The van der Waals surface area contributed by atoms with Gasteiger partial charge < -0.3 is 0 Å². The maximum atomic E-state index is 7.02. The topological polar surface area (TPSA) is 0 Å². The molecule has 0 aliphatic heterocycles. The quantitative estimate of drug-likeness (QED) is 0.288. The molecule has 2 aromatic carbocycles. The van der Waals surface area contributed by atoms with Gasteiger partial charge in [-0.05, 0) is 0 Å². The van der Waals surface area contributed by atoms with Crippen molar-refractivity contribution in [1.82, 2.24) is 0 Å². The van der Waals surface area contributed by atoms with Crippen LogP contribution < -0.4 is 0 Å². The molecule has 33 heavy (non-hydrogen) atoms. The van der Waals surface area contributed by atoms with Crippen molar-refractivity contribution in [3.8, 4) is 11.1 Å².